The Balaban J connectivity index is 1.67. The SMILES string of the molecule is [B]Cc1cc(C[B])c(C[B])c(C(=O)OC2CC3CC2CC3C(=O)OC(CS(=O)(=O)O)C(F)(F)F)c1. The first-order chi connectivity index (χ1) is 16.3. The van der Waals surface area contributed by atoms with Crippen LogP contribution in [-0.4, -0.2) is 72.6 Å². The fourth-order valence-corrected chi connectivity index (χ4v) is 5.63. The maximum Gasteiger partial charge on any atom is 0.426 e. The molecule has 2 aliphatic rings. The summed E-state index contributed by atoms with van der Waals surface area (Å²) in [6.07, 6.45) is -7.52. The van der Waals surface area contributed by atoms with Crippen LogP contribution in [0.1, 0.15) is 46.3 Å². The van der Waals surface area contributed by atoms with Gasteiger partial charge in [0.1, 0.15) is 11.9 Å². The predicted octanol–water partition coefficient (Wildman–Crippen LogP) is 1.63. The number of halogens is 3. The largest absolute Gasteiger partial charge is 0.458 e. The highest BCUT2D eigenvalue weighted by Crippen LogP contribution is 2.50. The van der Waals surface area contributed by atoms with Crippen molar-refractivity contribution in [3.8, 4) is 0 Å². The van der Waals surface area contributed by atoms with Crippen molar-refractivity contribution in [2.24, 2.45) is 17.8 Å². The molecule has 1 aromatic carbocycles. The number of benzene rings is 1. The van der Waals surface area contributed by atoms with Crippen LogP contribution in [0.4, 0.5) is 13.2 Å². The lowest BCUT2D eigenvalue weighted by atomic mass is 9.81. The molecule has 1 aromatic rings. The summed E-state index contributed by atoms with van der Waals surface area (Å²) in [6.45, 7) is 0. The van der Waals surface area contributed by atoms with Crippen LogP contribution < -0.4 is 0 Å². The number of esters is 2. The molecule has 184 valence electrons. The Morgan fingerprint density at radius 2 is 1.74 bits per heavy atom. The predicted molar refractivity (Wildman–Crippen MR) is 121 cm³/mol. The van der Waals surface area contributed by atoms with Crippen LogP contribution in [0, 0.1) is 17.8 Å². The second-order valence-electron chi connectivity index (χ2n) is 8.89. The highest BCUT2D eigenvalue weighted by Gasteiger charge is 2.53. The van der Waals surface area contributed by atoms with E-state index in [1.165, 1.54) is 0 Å². The van der Waals surface area contributed by atoms with Crippen molar-refractivity contribution in [3.63, 3.8) is 0 Å². The number of carbonyl (C=O) groups excluding carboxylic acids is 2. The Kier molecular flexibility index (Phi) is 8.35. The molecule has 0 aromatic heterocycles. The van der Waals surface area contributed by atoms with Crippen molar-refractivity contribution in [1.82, 2.24) is 0 Å². The Hall–Kier alpha value is -1.95. The van der Waals surface area contributed by atoms with Crippen LogP contribution in [0.3, 0.4) is 0 Å². The van der Waals surface area contributed by atoms with Gasteiger partial charge >= 0.3 is 18.1 Å². The molecule has 35 heavy (non-hydrogen) atoms. The van der Waals surface area contributed by atoms with E-state index >= 15 is 0 Å². The van der Waals surface area contributed by atoms with Gasteiger partial charge < -0.3 is 9.47 Å². The average Bonchev–Trinajstić information content (AvgIpc) is 3.36. The first-order valence-electron chi connectivity index (χ1n) is 11.0. The number of carbonyl (C=O) groups is 2. The Morgan fingerprint density at radius 3 is 2.23 bits per heavy atom. The molecule has 0 heterocycles. The van der Waals surface area contributed by atoms with E-state index in [0.717, 1.165) is 0 Å². The van der Waals surface area contributed by atoms with Crippen molar-refractivity contribution >= 4 is 45.6 Å². The zero-order valence-electron chi connectivity index (χ0n) is 18.7. The zero-order valence-corrected chi connectivity index (χ0v) is 19.5. The average molecular weight is 508 g/mol. The molecular formula is C21H22B3F3O7S. The van der Waals surface area contributed by atoms with Gasteiger partial charge in [0.05, 0.1) is 35.0 Å². The summed E-state index contributed by atoms with van der Waals surface area (Å²) in [6, 6.07) is 3.35. The van der Waals surface area contributed by atoms with Gasteiger partial charge in [-0.15, -0.1) is 0 Å². The van der Waals surface area contributed by atoms with Gasteiger partial charge in [-0.05, 0) is 42.7 Å². The number of hydrogen-bond donors (Lipinski definition) is 1. The Bertz CT molecular complexity index is 1080. The van der Waals surface area contributed by atoms with Crippen LogP contribution in [0.5, 0.6) is 0 Å². The van der Waals surface area contributed by atoms with Gasteiger partial charge in [-0.3, -0.25) is 9.35 Å². The van der Waals surface area contributed by atoms with Gasteiger partial charge in [-0.1, -0.05) is 36.2 Å². The van der Waals surface area contributed by atoms with E-state index in [0.29, 0.717) is 23.1 Å². The van der Waals surface area contributed by atoms with Gasteiger partial charge in [0.2, 0.25) is 6.10 Å². The van der Waals surface area contributed by atoms with Crippen molar-refractivity contribution < 1.29 is 45.2 Å². The summed E-state index contributed by atoms with van der Waals surface area (Å²) < 4.78 is 80.0. The summed E-state index contributed by atoms with van der Waals surface area (Å²) in [5, 5.41) is 0. The summed E-state index contributed by atoms with van der Waals surface area (Å²) in [5.74, 6) is -5.17. The molecule has 0 saturated heterocycles. The minimum atomic E-state index is -5.16. The normalized spacial score (nSPS) is 24.8. The van der Waals surface area contributed by atoms with Crippen molar-refractivity contribution in [3.05, 3.63) is 34.4 Å². The topological polar surface area (TPSA) is 107 Å². The summed E-state index contributed by atoms with van der Waals surface area (Å²) in [4.78, 5) is 25.3. The van der Waals surface area contributed by atoms with Gasteiger partial charge in [0.25, 0.3) is 10.1 Å². The molecule has 14 heteroatoms. The maximum absolute atomic E-state index is 13.1. The molecule has 0 spiro atoms. The highest BCUT2D eigenvalue weighted by atomic mass is 32.2. The lowest BCUT2D eigenvalue weighted by Crippen LogP contribution is -2.42. The second kappa shape index (κ2) is 10.6. The summed E-state index contributed by atoms with van der Waals surface area (Å²) in [7, 11) is 12.2. The highest BCUT2D eigenvalue weighted by molar-refractivity contribution is 7.85. The molecule has 2 bridgehead atoms. The van der Waals surface area contributed by atoms with Crippen LogP contribution in [-0.2, 0) is 43.3 Å². The van der Waals surface area contributed by atoms with Gasteiger partial charge in [-0.25, -0.2) is 4.79 Å². The summed E-state index contributed by atoms with van der Waals surface area (Å²) >= 11 is 0. The first kappa shape index (κ1) is 27.6. The molecule has 6 radical (unpaired) electrons. The minimum Gasteiger partial charge on any atom is -0.458 e. The van der Waals surface area contributed by atoms with Crippen LogP contribution >= 0.6 is 0 Å². The molecule has 0 amide bonds. The van der Waals surface area contributed by atoms with E-state index in [2.05, 4.69) is 4.74 Å². The van der Waals surface area contributed by atoms with Crippen LogP contribution in [0.2, 0.25) is 0 Å². The van der Waals surface area contributed by atoms with E-state index in [-0.39, 0.29) is 43.3 Å². The molecular weight excluding hydrogens is 486 g/mol. The number of hydrogen-bond acceptors (Lipinski definition) is 6. The number of fused-ring (bicyclic) bond motifs is 2. The minimum absolute atomic E-state index is 0.0520. The quantitative estimate of drug-likeness (QED) is 0.307. The molecule has 5 unspecified atom stereocenters. The molecule has 0 aliphatic heterocycles. The molecule has 7 nitrogen and oxygen atoms in total. The lowest BCUT2D eigenvalue weighted by molar-refractivity contribution is -0.218. The third-order valence-corrected chi connectivity index (χ3v) is 7.34. The molecule has 2 aliphatic carbocycles. The molecule has 1 N–H and O–H groups in total. The van der Waals surface area contributed by atoms with Crippen molar-refractivity contribution in [1.29, 1.82) is 0 Å². The van der Waals surface area contributed by atoms with E-state index < -0.39 is 58.0 Å². The number of alkyl halides is 3. The van der Waals surface area contributed by atoms with Gasteiger partial charge in [0, 0.05) is 0 Å². The van der Waals surface area contributed by atoms with Crippen molar-refractivity contribution in [2.75, 3.05) is 5.75 Å². The first-order valence-corrected chi connectivity index (χ1v) is 12.6. The van der Waals surface area contributed by atoms with Gasteiger partial charge in [0.15, 0.2) is 0 Å². The van der Waals surface area contributed by atoms with E-state index in [1.54, 1.807) is 12.1 Å². The molecule has 2 fully saturated rings. The third-order valence-electron chi connectivity index (χ3n) is 6.62. The second-order valence-corrected chi connectivity index (χ2v) is 10.4. The number of ether oxygens (including phenoxy) is 2. The van der Waals surface area contributed by atoms with E-state index in [4.69, 9.17) is 32.8 Å². The van der Waals surface area contributed by atoms with Crippen LogP contribution in [0.25, 0.3) is 0 Å². The maximum atomic E-state index is 13.1. The smallest absolute Gasteiger partial charge is 0.426 e. The Labute approximate surface area is 205 Å². The fraction of sp³-hybridized carbons (Fsp3) is 0.619. The number of rotatable bonds is 9. The molecule has 2 saturated carbocycles. The van der Waals surface area contributed by atoms with Crippen molar-refractivity contribution in [2.45, 2.75) is 56.6 Å². The molecule has 5 atom stereocenters. The molecule has 3 rings (SSSR count). The zero-order chi connectivity index (χ0) is 26.1. The van der Waals surface area contributed by atoms with Crippen LogP contribution in [0.15, 0.2) is 12.1 Å². The fourth-order valence-electron chi connectivity index (χ4n) is 4.99. The Morgan fingerprint density at radius 1 is 1.06 bits per heavy atom. The standard InChI is InChI=1S/C21H22B3F3O7S/c22-6-10-1-13(7-23)16(8-24)15(2-10)20(29)33-17-5-11-3-12(17)4-14(11)19(28)34-18(21(25,26)27)9-35(30,31)32/h1-2,11-12,14,17-18H,3-9H2,(H,30,31,32). The third kappa shape index (κ3) is 6.44. The monoisotopic (exact) mass is 508 g/mol. The van der Waals surface area contributed by atoms with E-state index in [9.17, 15) is 31.2 Å². The van der Waals surface area contributed by atoms with E-state index in [1.807, 2.05) is 0 Å². The van der Waals surface area contributed by atoms with Gasteiger partial charge in [-0.2, -0.15) is 21.6 Å². The lowest BCUT2D eigenvalue weighted by Gasteiger charge is -2.28. The summed E-state index contributed by atoms with van der Waals surface area (Å²) in [5.41, 5.74) is 2.13.